The molecule has 1 amide bonds. The van der Waals surface area contributed by atoms with E-state index in [1.54, 1.807) is 7.11 Å². The summed E-state index contributed by atoms with van der Waals surface area (Å²) >= 11 is 0. The number of aryl methyl sites for hydroxylation is 1. The first-order valence-corrected chi connectivity index (χ1v) is 8.70. The molecule has 0 N–H and O–H groups in total. The highest BCUT2D eigenvalue weighted by Gasteiger charge is 2.31. The average molecular weight is 338 g/mol. The van der Waals surface area contributed by atoms with Crippen LogP contribution in [0.4, 0.5) is 11.4 Å². The number of carbonyl (C=O) groups is 1. The molecule has 5 nitrogen and oxygen atoms in total. The molecule has 0 aromatic heterocycles. The van der Waals surface area contributed by atoms with Crippen molar-refractivity contribution in [2.24, 2.45) is 0 Å². The summed E-state index contributed by atoms with van der Waals surface area (Å²) in [7, 11) is 1.66. The first kappa shape index (κ1) is 15.8. The normalized spacial score (nSPS) is 15.4. The summed E-state index contributed by atoms with van der Waals surface area (Å²) in [4.78, 5) is 17.1. The maximum atomic E-state index is 12.8. The number of methoxy groups -OCH3 is 1. The van der Waals surface area contributed by atoms with Crippen LogP contribution in [0.1, 0.15) is 12.0 Å². The van der Waals surface area contributed by atoms with Gasteiger partial charge in [-0.05, 0) is 36.2 Å². The maximum absolute atomic E-state index is 12.8. The molecule has 0 aliphatic carbocycles. The van der Waals surface area contributed by atoms with Crippen LogP contribution in [0.2, 0.25) is 0 Å². The summed E-state index contributed by atoms with van der Waals surface area (Å²) < 4.78 is 10.9. The third-order valence-corrected chi connectivity index (χ3v) is 4.88. The van der Waals surface area contributed by atoms with Gasteiger partial charge >= 0.3 is 0 Å². The highest BCUT2D eigenvalue weighted by Crippen LogP contribution is 2.42. The van der Waals surface area contributed by atoms with E-state index in [4.69, 9.17) is 9.47 Å². The molecule has 4 rings (SSSR count). The van der Waals surface area contributed by atoms with Crippen molar-refractivity contribution in [3.63, 3.8) is 0 Å². The van der Waals surface area contributed by atoms with Crippen LogP contribution in [0.15, 0.2) is 42.5 Å². The lowest BCUT2D eigenvalue weighted by atomic mass is 10.1. The highest BCUT2D eigenvalue weighted by molar-refractivity contribution is 5.99. The summed E-state index contributed by atoms with van der Waals surface area (Å²) in [5, 5.41) is 0. The number of hydrogen-bond donors (Lipinski definition) is 0. The predicted octanol–water partition coefficient (Wildman–Crippen LogP) is 2.87. The fraction of sp³-hybridized carbons (Fsp3) is 0.350. The Morgan fingerprint density at radius 2 is 1.96 bits per heavy atom. The van der Waals surface area contributed by atoms with Crippen molar-refractivity contribution in [3.05, 3.63) is 48.0 Å². The highest BCUT2D eigenvalue weighted by atomic mass is 16.5. The lowest BCUT2D eigenvalue weighted by Crippen LogP contribution is -2.47. The number of amides is 1. The van der Waals surface area contributed by atoms with E-state index < -0.39 is 0 Å². The van der Waals surface area contributed by atoms with Gasteiger partial charge in [-0.1, -0.05) is 18.2 Å². The van der Waals surface area contributed by atoms with Crippen molar-refractivity contribution in [2.45, 2.75) is 12.8 Å². The molecular weight excluding hydrogens is 316 g/mol. The lowest BCUT2D eigenvalue weighted by Gasteiger charge is -2.41. The van der Waals surface area contributed by atoms with Crippen molar-refractivity contribution < 1.29 is 14.3 Å². The summed E-state index contributed by atoms with van der Waals surface area (Å²) in [6, 6.07) is 13.9. The van der Waals surface area contributed by atoms with E-state index >= 15 is 0 Å². The van der Waals surface area contributed by atoms with E-state index in [-0.39, 0.29) is 5.91 Å². The van der Waals surface area contributed by atoms with E-state index in [1.807, 2.05) is 47.4 Å². The van der Waals surface area contributed by atoms with Gasteiger partial charge in [-0.2, -0.15) is 0 Å². The Hall–Kier alpha value is -2.69. The first-order valence-electron chi connectivity index (χ1n) is 8.70. The van der Waals surface area contributed by atoms with Crippen LogP contribution in [-0.4, -0.2) is 39.3 Å². The van der Waals surface area contributed by atoms with Crippen LogP contribution in [0.3, 0.4) is 0 Å². The molecular formula is C20H22N2O3. The first-order chi connectivity index (χ1) is 12.3. The molecule has 2 heterocycles. The molecule has 2 aromatic carbocycles. The zero-order chi connectivity index (χ0) is 17.2. The van der Waals surface area contributed by atoms with Gasteiger partial charge in [-0.25, -0.2) is 0 Å². The SMILES string of the molecule is COc1ccc(CCC(=O)N2CCN3CCOc4cccc2c43)cc1. The molecule has 0 atom stereocenters. The van der Waals surface area contributed by atoms with Gasteiger partial charge in [0.15, 0.2) is 0 Å². The van der Waals surface area contributed by atoms with Crippen molar-refractivity contribution in [1.82, 2.24) is 0 Å². The predicted molar refractivity (Wildman–Crippen MR) is 97.8 cm³/mol. The number of carbonyl (C=O) groups excluding carboxylic acids is 1. The second kappa shape index (κ2) is 6.67. The number of ether oxygens (including phenoxy) is 2. The van der Waals surface area contributed by atoms with Gasteiger partial charge in [0.1, 0.15) is 23.8 Å². The fourth-order valence-corrected chi connectivity index (χ4v) is 3.54. The molecule has 5 heteroatoms. The number of hydrogen-bond acceptors (Lipinski definition) is 4. The molecule has 2 aliphatic rings. The number of nitrogens with zero attached hydrogens (tertiary/aromatic N) is 2. The number of rotatable bonds is 4. The molecule has 0 fully saturated rings. The Kier molecular flexibility index (Phi) is 4.22. The molecule has 0 radical (unpaired) electrons. The summed E-state index contributed by atoms with van der Waals surface area (Å²) in [6.07, 6.45) is 1.23. The molecule has 0 spiro atoms. The molecule has 0 saturated carbocycles. The number of benzene rings is 2. The third kappa shape index (κ3) is 3.02. The van der Waals surface area contributed by atoms with E-state index in [2.05, 4.69) is 4.90 Å². The average Bonchev–Trinajstić information content (AvgIpc) is 2.67. The van der Waals surface area contributed by atoms with Gasteiger partial charge in [0.2, 0.25) is 5.91 Å². The topological polar surface area (TPSA) is 42.0 Å². The Morgan fingerprint density at radius 3 is 2.76 bits per heavy atom. The quantitative estimate of drug-likeness (QED) is 0.860. The van der Waals surface area contributed by atoms with Gasteiger partial charge in [-0.3, -0.25) is 4.79 Å². The van der Waals surface area contributed by atoms with Crippen molar-refractivity contribution in [2.75, 3.05) is 43.2 Å². The molecule has 0 unspecified atom stereocenters. The molecule has 2 aliphatic heterocycles. The maximum Gasteiger partial charge on any atom is 0.227 e. The Balaban J connectivity index is 1.49. The summed E-state index contributed by atoms with van der Waals surface area (Å²) in [5.41, 5.74) is 3.19. The largest absolute Gasteiger partial charge is 0.497 e. The van der Waals surface area contributed by atoms with Crippen molar-refractivity contribution >= 4 is 17.3 Å². The van der Waals surface area contributed by atoms with E-state index in [0.29, 0.717) is 13.0 Å². The molecule has 2 aromatic rings. The summed E-state index contributed by atoms with van der Waals surface area (Å²) in [6.45, 7) is 3.19. The van der Waals surface area contributed by atoms with E-state index in [0.717, 1.165) is 54.5 Å². The van der Waals surface area contributed by atoms with Crippen LogP contribution in [0.5, 0.6) is 11.5 Å². The lowest BCUT2D eigenvalue weighted by molar-refractivity contribution is -0.118. The third-order valence-electron chi connectivity index (χ3n) is 4.88. The zero-order valence-electron chi connectivity index (χ0n) is 14.4. The van der Waals surface area contributed by atoms with Gasteiger partial charge in [-0.15, -0.1) is 0 Å². The van der Waals surface area contributed by atoms with Gasteiger partial charge in [0, 0.05) is 19.5 Å². The van der Waals surface area contributed by atoms with Crippen LogP contribution in [0.25, 0.3) is 0 Å². The minimum absolute atomic E-state index is 0.162. The molecule has 130 valence electrons. The smallest absolute Gasteiger partial charge is 0.227 e. The molecule has 0 saturated heterocycles. The van der Waals surface area contributed by atoms with Gasteiger partial charge in [0.25, 0.3) is 0 Å². The molecule has 0 bridgehead atoms. The fourth-order valence-electron chi connectivity index (χ4n) is 3.54. The number of para-hydroxylation sites is 1. The minimum Gasteiger partial charge on any atom is -0.497 e. The Labute approximate surface area is 147 Å². The van der Waals surface area contributed by atoms with Crippen LogP contribution >= 0.6 is 0 Å². The van der Waals surface area contributed by atoms with Crippen molar-refractivity contribution in [3.8, 4) is 11.5 Å². The second-order valence-electron chi connectivity index (χ2n) is 6.35. The van der Waals surface area contributed by atoms with E-state index in [1.165, 1.54) is 0 Å². The number of anilines is 2. The zero-order valence-corrected chi connectivity index (χ0v) is 14.4. The van der Waals surface area contributed by atoms with Crippen molar-refractivity contribution in [1.29, 1.82) is 0 Å². The molecule has 25 heavy (non-hydrogen) atoms. The van der Waals surface area contributed by atoms with Crippen LogP contribution in [0, 0.1) is 0 Å². The standard InChI is InChI=1S/C20H22N2O3/c1-24-16-8-5-15(6-9-16)7-10-19(23)22-12-11-21-13-14-25-18-4-2-3-17(22)20(18)21/h2-6,8-9H,7,10-14H2,1H3. The van der Waals surface area contributed by atoms with Gasteiger partial charge < -0.3 is 19.3 Å². The Bertz CT molecular complexity index is 773. The Morgan fingerprint density at radius 1 is 1.12 bits per heavy atom. The van der Waals surface area contributed by atoms with Crippen LogP contribution in [-0.2, 0) is 11.2 Å². The van der Waals surface area contributed by atoms with Gasteiger partial charge in [0.05, 0.1) is 19.3 Å². The summed E-state index contributed by atoms with van der Waals surface area (Å²) in [5.74, 6) is 1.88. The minimum atomic E-state index is 0.162. The van der Waals surface area contributed by atoms with E-state index in [9.17, 15) is 4.79 Å². The monoisotopic (exact) mass is 338 g/mol. The second-order valence-corrected chi connectivity index (χ2v) is 6.35. The van der Waals surface area contributed by atoms with Crippen LogP contribution < -0.4 is 19.3 Å².